The van der Waals surface area contributed by atoms with Gasteiger partial charge in [0.15, 0.2) is 6.61 Å². The number of hydrazone groups is 1. The first-order valence-corrected chi connectivity index (χ1v) is 6.39. The molecule has 0 aliphatic heterocycles. The van der Waals surface area contributed by atoms with Crippen molar-refractivity contribution < 1.29 is 14.3 Å². The largest absolute Gasteiger partial charge is 0.484 e. The van der Waals surface area contributed by atoms with Crippen LogP contribution in [0.15, 0.2) is 29.4 Å². The first-order valence-electron chi connectivity index (χ1n) is 6.39. The Morgan fingerprint density at radius 1 is 1.29 bits per heavy atom. The zero-order valence-electron chi connectivity index (χ0n) is 12.3. The number of rotatable bonds is 5. The van der Waals surface area contributed by atoms with Crippen molar-refractivity contribution in [1.29, 1.82) is 0 Å². The molecule has 7 heteroatoms. The minimum Gasteiger partial charge on any atom is -0.484 e. The number of urea groups is 1. The molecule has 0 aliphatic rings. The molecule has 0 bridgehead atoms. The number of benzene rings is 1. The van der Waals surface area contributed by atoms with Gasteiger partial charge in [-0.15, -0.1) is 0 Å². The molecule has 0 saturated heterocycles. The monoisotopic (exact) mass is 292 g/mol. The second kappa shape index (κ2) is 7.28. The van der Waals surface area contributed by atoms with Crippen LogP contribution in [0.3, 0.4) is 0 Å². The number of carbonyl (C=O) groups excluding carboxylic acids is 2. The highest BCUT2D eigenvalue weighted by molar-refractivity contribution is 5.81. The lowest BCUT2D eigenvalue weighted by atomic mass is 10.1. The third-order valence-corrected chi connectivity index (χ3v) is 2.15. The summed E-state index contributed by atoms with van der Waals surface area (Å²) in [4.78, 5) is 22.0. The lowest BCUT2D eigenvalue weighted by Gasteiger charge is -2.20. The van der Waals surface area contributed by atoms with Crippen LogP contribution in [0.4, 0.5) is 4.79 Å². The van der Waals surface area contributed by atoms with Crippen molar-refractivity contribution in [2.75, 3.05) is 6.61 Å². The van der Waals surface area contributed by atoms with Gasteiger partial charge in [0, 0.05) is 5.54 Å². The number of primary amides is 1. The molecule has 0 aromatic heterocycles. The predicted molar refractivity (Wildman–Crippen MR) is 80.1 cm³/mol. The number of hydrogen-bond donors (Lipinski definition) is 3. The molecule has 1 rings (SSSR count). The maximum atomic E-state index is 11.6. The zero-order valence-corrected chi connectivity index (χ0v) is 12.3. The highest BCUT2D eigenvalue weighted by Crippen LogP contribution is 2.11. The number of nitrogens with zero attached hydrogens (tertiary/aromatic N) is 1. The summed E-state index contributed by atoms with van der Waals surface area (Å²) >= 11 is 0. The van der Waals surface area contributed by atoms with Crippen LogP contribution in [-0.4, -0.2) is 30.3 Å². The van der Waals surface area contributed by atoms with Gasteiger partial charge in [0.25, 0.3) is 5.91 Å². The van der Waals surface area contributed by atoms with Gasteiger partial charge in [-0.3, -0.25) is 4.79 Å². The van der Waals surface area contributed by atoms with Crippen molar-refractivity contribution >= 4 is 18.2 Å². The number of nitrogens with one attached hydrogen (secondary N) is 2. The third kappa shape index (κ3) is 7.56. The molecule has 1 aromatic carbocycles. The molecular weight excluding hydrogens is 272 g/mol. The van der Waals surface area contributed by atoms with Crippen LogP contribution < -0.4 is 21.2 Å². The second-order valence-electron chi connectivity index (χ2n) is 5.39. The van der Waals surface area contributed by atoms with Crippen LogP contribution in [0.1, 0.15) is 26.3 Å². The smallest absolute Gasteiger partial charge is 0.332 e. The summed E-state index contributed by atoms with van der Waals surface area (Å²) < 4.78 is 5.37. The van der Waals surface area contributed by atoms with Gasteiger partial charge in [0.1, 0.15) is 5.75 Å². The van der Waals surface area contributed by atoms with Gasteiger partial charge in [0.2, 0.25) is 0 Å². The van der Waals surface area contributed by atoms with E-state index in [4.69, 9.17) is 10.5 Å². The van der Waals surface area contributed by atoms with E-state index in [0.29, 0.717) is 5.75 Å². The van der Waals surface area contributed by atoms with Crippen LogP contribution in [0.5, 0.6) is 5.75 Å². The van der Waals surface area contributed by atoms with E-state index in [1.54, 1.807) is 24.3 Å². The summed E-state index contributed by atoms with van der Waals surface area (Å²) in [6.07, 6.45) is 1.45. The van der Waals surface area contributed by atoms with Gasteiger partial charge in [-0.05, 0) is 50.6 Å². The van der Waals surface area contributed by atoms with E-state index in [1.165, 1.54) is 6.21 Å². The predicted octanol–water partition coefficient (Wildman–Crippen LogP) is 0.982. The maximum Gasteiger partial charge on any atom is 0.332 e. The van der Waals surface area contributed by atoms with E-state index >= 15 is 0 Å². The third-order valence-electron chi connectivity index (χ3n) is 2.15. The average molecular weight is 292 g/mol. The molecule has 0 unspecified atom stereocenters. The molecule has 0 radical (unpaired) electrons. The van der Waals surface area contributed by atoms with Crippen molar-refractivity contribution in [3.8, 4) is 5.75 Å². The quantitative estimate of drug-likeness (QED) is 0.556. The normalized spacial score (nSPS) is 11.2. The van der Waals surface area contributed by atoms with E-state index in [2.05, 4.69) is 15.8 Å². The zero-order chi connectivity index (χ0) is 15.9. The molecule has 114 valence electrons. The van der Waals surface area contributed by atoms with Crippen LogP contribution >= 0.6 is 0 Å². The Labute approximate surface area is 123 Å². The fourth-order valence-corrected chi connectivity index (χ4v) is 1.42. The van der Waals surface area contributed by atoms with Gasteiger partial charge >= 0.3 is 6.03 Å². The van der Waals surface area contributed by atoms with Crippen molar-refractivity contribution in [3.05, 3.63) is 29.8 Å². The van der Waals surface area contributed by atoms with E-state index in [9.17, 15) is 9.59 Å². The van der Waals surface area contributed by atoms with Gasteiger partial charge in [0.05, 0.1) is 6.21 Å². The molecule has 0 aliphatic carbocycles. The summed E-state index contributed by atoms with van der Waals surface area (Å²) in [5.74, 6) is 0.387. The average Bonchev–Trinajstić information content (AvgIpc) is 2.35. The molecule has 1 aromatic rings. The first-order chi connectivity index (χ1) is 9.76. The molecule has 3 amide bonds. The summed E-state index contributed by atoms with van der Waals surface area (Å²) in [6, 6.07) is 6.16. The van der Waals surface area contributed by atoms with Crippen molar-refractivity contribution in [2.24, 2.45) is 10.8 Å². The van der Waals surface area contributed by atoms with Crippen molar-refractivity contribution in [1.82, 2.24) is 10.7 Å². The highest BCUT2D eigenvalue weighted by atomic mass is 16.5. The second-order valence-corrected chi connectivity index (χ2v) is 5.39. The summed E-state index contributed by atoms with van der Waals surface area (Å²) in [7, 11) is 0. The fraction of sp³-hybridized carbons (Fsp3) is 0.357. The van der Waals surface area contributed by atoms with Gasteiger partial charge in [-0.2, -0.15) is 5.10 Å². The molecule has 0 heterocycles. The summed E-state index contributed by atoms with van der Waals surface area (Å²) in [5.41, 5.74) is 7.44. The maximum absolute atomic E-state index is 11.6. The van der Waals surface area contributed by atoms with E-state index in [0.717, 1.165) is 5.56 Å². The molecule has 0 spiro atoms. The number of carbonyl (C=O) groups is 2. The van der Waals surface area contributed by atoms with Crippen molar-refractivity contribution in [3.63, 3.8) is 0 Å². The molecule has 4 N–H and O–H groups in total. The molecule has 21 heavy (non-hydrogen) atoms. The van der Waals surface area contributed by atoms with Crippen LogP contribution in [0.2, 0.25) is 0 Å². The molecule has 0 atom stereocenters. The lowest BCUT2D eigenvalue weighted by Crippen LogP contribution is -2.43. The Hall–Kier alpha value is -2.57. The topological polar surface area (TPSA) is 106 Å². The Balaban J connectivity index is 2.46. The van der Waals surface area contributed by atoms with Gasteiger partial charge < -0.3 is 15.8 Å². The van der Waals surface area contributed by atoms with Crippen molar-refractivity contribution in [2.45, 2.75) is 26.3 Å². The molecule has 0 fully saturated rings. The number of hydrogen-bond acceptors (Lipinski definition) is 4. The minimum atomic E-state index is -0.726. The highest BCUT2D eigenvalue weighted by Gasteiger charge is 2.13. The van der Waals surface area contributed by atoms with Crippen LogP contribution in [-0.2, 0) is 4.79 Å². The van der Waals surface area contributed by atoms with Crippen LogP contribution in [0, 0.1) is 0 Å². The standard InChI is InChI=1S/C14H20N4O3/c1-14(2,3)17-12(19)9-21-11-6-4-10(5-7-11)8-16-18-13(15)20/h4-8H,9H2,1-3H3,(H,17,19)(H3,15,18,20). The Morgan fingerprint density at radius 2 is 1.90 bits per heavy atom. The number of amides is 3. The molecule has 0 saturated carbocycles. The number of nitrogens with two attached hydrogens (primary N) is 1. The van der Waals surface area contributed by atoms with Gasteiger partial charge in [-0.25, -0.2) is 10.2 Å². The molecular formula is C14H20N4O3. The Bertz CT molecular complexity index is 518. The fourth-order valence-electron chi connectivity index (χ4n) is 1.42. The summed E-state index contributed by atoms with van der Waals surface area (Å²) in [5, 5.41) is 6.43. The van der Waals surface area contributed by atoms with E-state index in [1.807, 2.05) is 20.8 Å². The Morgan fingerprint density at radius 3 is 2.43 bits per heavy atom. The lowest BCUT2D eigenvalue weighted by molar-refractivity contribution is -0.124. The molecule has 7 nitrogen and oxygen atoms in total. The Kier molecular flexibility index (Phi) is 5.71. The first kappa shape index (κ1) is 16.5. The SMILES string of the molecule is CC(C)(C)NC(=O)COc1ccc(C=NNC(N)=O)cc1. The van der Waals surface area contributed by atoms with Crippen LogP contribution in [0.25, 0.3) is 0 Å². The minimum absolute atomic E-state index is 0.0477. The van der Waals surface area contributed by atoms with E-state index in [-0.39, 0.29) is 18.1 Å². The van der Waals surface area contributed by atoms with E-state index < -0.39 is 6.03 Å². The number of ether oxygens (including phenoxy) is 1. The van der Waals surface area contributed by atoms with Gasteiger partial charge in [-0.1, -0.05) is 0 Å². The summed E-state index contributed by atoms with van der Waals surface area (Å²) in [6.45, 7) is 5.66.